The highest BCUT2D eigenvalue weighted by molar-refractivity contribution is 6.22. The van der Waals surface area contributed by atoms with E-state index < -0.39 is 0 Å². The standard InChI is InChI=1S/C13H18ClN5O/c14-10-3-1-2-9-8-19-12(15-11(9)10)16-13(17-19)18-4-6-20-7-5-18/h10H,1-8H2,(H,15,16,17). The third kappa shape index (κ3) is 2.07. The van der Waals surface area contributed by atoms with Crippen molar-refractivity contribution in [1.82, 2.24) is 14.8 Å². The van der Waals surface area contributed by atoms with Crippen molar-refractivity contribution in [1.29, 1.82) is 0 Å². The van der Waals surface area contributed by atoms with Gasteiger partial charge in [-0.3, -0.25) is 0 Å². The second kappa shape index (κ2) is 4.93. The molecule has 1 aromatic heterocycles. The summed E-state index contributed by atoms with van der Waals surface area (Å²) in [5.74, 6) is 1.61. The van der Waals surface area contributed by atoms with Crippen molar-refractivity contribution < 1.29 is 4.74 Å². The summed E-state index contributed by atoms with van der Waals surface area (Å²) in [5, 5.41) is 8.11. The number of nitrogens with one attached hydrogen (secondary N) is 1. The van der Waals surface area contributed by atoms with Gasteiger partial charge >= 0.3 is 0 Å². The van der Waals surface area contributed by atoms with E-state index in [4.69, 9.17) is 16.3 Å². The Kier molecular flexibility index (Phi) is 3.07. The van der Waals surface area contributed by atoms with E-state index in [1.165, 1.54) is 5.57 Å². The van der Waals surface area contributed by atoms with E-state index >= 15 is 0 Å². The molecule has 108 valence electrons. The van der Waals surface area contributed by atoms with Gasteiger partial charge in [0.25, 0.3) is 0 Å². The van der Waals surface area contributed by atoms with Crippen molar-refractivity contribution in [3.63, 3.8) is 0 Å². The molecule has 1 aromatic rings. The molecule has 0 spiro atoms. The molecule has 1 aliphatic carbocycles. The zero-order valence-corrected chi connectivity index (χ0v) is 12.1. The van der Waals surface area contributed by atoms with Crippen molar-refractivity contribution in [3.8, 4) is 0 Å². The highest BCUT2D eigenvalue weighted by Crippen LogP contribution is 2.34. The number of rotatable bonds is 1. The zero-order valence-electron chi connectivity index (χ0n) is 11.3. The summed E-state index contributed by atoms with van der Waals surface area (Å²) in [6.07, 6.45) is 3.31. The summed E-state index contributed by atoms with van der Waals surface area (Å²) >= 11 is 6.41. The Bertz CT molecular complexity index is 549. The number of halogens is 1. The summed E-state index contributed by atoms with van der Waals surface area (Å²) in [4.78, 5) is 6.79. The molecule has 0 aromatic carbocycles. The van der Waals surface area contributed by atoms with Gasteiger partial charge in [0, 0.05) is 18.8 Å². The Hall–Kier alpha value is -1.27. The molecule has 4 rings (SSSR count). The Labute approximate surface area is 122 Å². The van der Waals surface area contributed by atoms with Gasteiger partial charge in [-0.15, -0.1) is 16.7 Å². The average Bonchev–Trinajstić information content (AvgIpc) is 2.90. The van der Waals surface area contributed by atoms with Gasteiger partial charge in [-0.25, -0.2) is 4.68 Å². The number of aromatic nitrogens is 3. The van der Waals surface area contributed by atoms with Crippen LogP contribution in [0.2, 0.25) is 0 Å². The number of fused-ring (bicyclic) bond motifs is 1. The lowest BCUT2D eigenvalue weighted by Gasteiger charge is -2.29. The second-order valence-corrected chi connectivity index (χ2v) is 6.02. The predicted octanol–water partition coefficient (Wildman–Crippen LogP) is 1.59. The minimum absolute atomic E-state index is 0.0936. The Balaban J connectivity index is 1.59. The van der Waals surface area contributed by atoms with E-state index in [2.05, 4.69) is 20.3 Å². The predicted molar refractivity (Wildman–Crippen MR) is 77.2 cm³/mol. The first kappa shape index (κ1) is 12.5. The number of nitrogens with zero attached hydrogens (tertiary/aromatic N) is 4. The number of ether oxygens (including phenoxy) is 1. The molecule has 1 saturated heterocycles. The quantitative estimate of drug-likeness (QED) is 0.797. The molecular weight excluding hydrogens is 278 g/mol. The molecule has 0 bridgehead atoms. The molecule has 2 aliphatic heterocycles. The van der Waals surface area contributed by atoms with Gasteiger partial charge in [0.1, 0.15) is 0 Å². The molecule has 3 aliphatic rings. The lowest BCUT2D eigenvalue weighted by Crippen LogP contribution is -2.37. The van der Waals surface area contributed by atoms with Crippen LogP contribution in [-0.2, 0) is 11.3 Å². The molecule has 1 N–H and O–H groups in total. The molecule has 1 unspecified atom stereocenters. The van der Waals surface area contributed by atoms with Gasteiger partial charge in [0.2, 0.25) is 11.9 Å². The fourth-order valence-electron chi connectivity index (χ4n) is 3.06. The van der Waals surface area contributed by atoms with Crippen LogP contribution in [0.25, 0.3) is 0 Å². The molecule has 1 atom stereocenters. The molecule has 6 nitrogen and oxygen atoms in total. The number of allylic oxidation sites excluding steroid dienone is 2. The molecule has 1 fully saturated rings. The topological polar surface area (TPSA) is 55.2 Å². The second-order valence-electron chi connectivity index (χ2n) is 5.49. The zero-order chi connectivity index (χ0) is 13.5. The van der Waals surface area contributed by atoms with Gasteiger partial charge in [-0.1, -0.05) is 0 Å². The lowest BCUT2D eigenvalue weighted by molar-refractivity contribution is 0.122. The third-order valence-electron chi connectivity index (χ3n) is 4.17. The first-order valence-corrected chi connectivity index (χ1v) is 7.65. The maximum atomic E-state index is 6.41. The van der Waals surface area contributed by atoms with Crippen LogP contribution in [0.5, 0.6) is 0 Å². The highest BCUT2D eigenvalue weighted by atomic mass is 35.5. The monoisotopic (exact) mass is 295 g/mol. The molecule has 0 saturated carbocycles. The molecule has 0 radical (unpaired) electrons. The minimum Gasteiger partial charge on any atom is -0.378 e. The van der Waals surface area contributed by atoms with Crippen molar-refractivity contribution in [2.24, 2.45) is 0 Å². The fourth-order valence-corrected chi connectivity index (χ4v) is 3.42. The Morgan fingerprint density at radius 1 is 1.30 bits per heavy atom. The molecule has 3 heterocycles. The SMILES string of the molecule is ClC1CCCC2=C1Nc1nc(N3CCOCC3)nn1C2. The van der Waals surface area contributed by atoms with Gasteiger partial charge < -0.3 is 15.0 Å². The van der Waals surface area contributed by atoms with E-state index in [9.17, 15) is 0 Å². The highest BCUT2D eigenvalue weighted by Gasteiger charge is 2.29. The minimum atomic E-state index is 0.0936. The van der Waals surface area contributed by atoms with Crippen LogP contribution in [0.15, 0.2) is 11.3 Å². The van der Waals surface area contributed by atoms with Crippen molar-refractivity contribution in [2.45, 2.75) is 31.2 Å². The van der Waals surface area contributed by atoms with Crippen LogP contribution in [-0.4, -0.2) is 46.4 Å². The smallest absolute Gasteiger partial charge is 0.246 e. The Morgan fingerprint density at radius 3 is 3.00 bits per heavy atom. The van der Waals surface area contributed by atoms with Crippen molar-refractivity contribution in [3.05, 3.63) is 11.3 Å². The van der Waals surface area contributed by atoms with Crippen LogP contribution in [0.4, 0.5) is 11.9 Å². The largest absolute Gasteiger partial charge is 0.378 e. The number of anilines is 2. The van der Waals surface area contributed by atoms with Gasteiger partial charge in [0.15, 0.2) is 0 Å². The fraction of sp³-hybridized carbons (Fsp3) is 0.692. The normalized spacial score (nSPS) is 26.1. The van der Waals surface area contributed by atoms with Gasteiger partial charge in [-0.2, -0.15) is 4.98 Å². The number of hydrogen-bond donors (Lipinski definition) is 1. The summed E-state index contributed by atoms with van der Waals surface area (Å²) in [6, 6.07) is 0. The number of morpholine rings is 1. The van der Waals surface area contributed by atoms with E-state index in [1.54, 1.807) is 0 Å². The van der Waals surface area contributed by atoms with E-state index in [0.29, 0.717) is 0 Å². The van der Waals surface area contributed by atoms with Crippen LogP contribution >= 0.6 is 11.6 Å². The van der Waals surface area contributed by atoms with Crippen LogP contribution < -0.4 is 10.2 Å². The van der Waals surface area contributed by atoms with E-state index in [1.807, 2.05) is 4.68 Å². The molecular formula is C13H18ClN5O. The van der Waals surface area contributed by atoms with Crippen LogP contribution in [0, 0.1) is 0 Å². The molecule has 20 heavy (non-hydrogen) atoms. The Morgan fingerprint density at radius 2 is 2.15 bits per heavy atom. The maximum absolute atomic E-state index is 6.41. The number of alkyl halides is 1. The number of hydrogen-bond acceptors (Lipinski definition) is 5. The lowest BCUT2D eigenvalue weighted by atomic mass is 9.95. The van der Waals surface area contributed by atoms with Crippen molar-refractivity contribution in [2.75, 3.05) is 36.5 Å². The first-order valence-electron chi connectivity index (χ1n) is 7.22. The maximum Gasteiger partial charge on any atom is 0.246 e. The van der Waals surface area contributed by atoms with Crippen molar-refractivity contribution >= 4 is 23.5 Å². The van der Waals surface area contributed by atoms with Gasteiger partial charge in [0.05, 0.1) is 25.1 Å². The van der Waals surface area contributed by atoms with E-state index in [-0.39, 0.29) is 5.38 Å². The van der Waals surface area contributed by atoms with E-state index in [0.717, 1.165) is 69.7 Å². The summed E-state index contributed by atoms with van der Waals surface area (Å²) in [6.45, 7) is 4.02. The summed E-state index contributed by atoms with van der Waals surface area (Å²) in [7, 11) is 0. The average molecular weight is 296 g/mol. The van der Waals surface area contributed by atoms with Crippen LogP contribution in [0.3, 0.4) is 0 Å². The molecule has 0 amide bonds. The first-order chi connectivity index (χ1) is 9.81. The third-order valence-corrected chi connectivity index (χ3v) is 4.61. The summed E-state index contributed by atoms with van der Waals surface area (Å²) in [5.41, 5.74) is 2.54. The summed E-state index contributed by atoms with van der Waals surface area (Å²) < 4.78 is 7.33. The van der Waals surface area contributed by atoms with Crippen LogP contribution in [0.1, 0.15) is 19.3 Å². The van der Waals surface area contributed by atoms with Gasteiger partial charge in [-0.05, 0) is 24.8 Å². The molecule has 7 heteroatoms.